The summed E-state index contributed by atoms with van der Waals surface area (Å²) in [5.41, 5.74) is 6.59. The second kappa shape index (κ2) is 7.17. The SMILES string of the molecule is Nc1ncc(-c2ccccc2Cl)nc1C(=O)NC(CO)CO. The van der Waals surface area contributed by atoms with Gasteiger partial charge in [0.25, 0.3) is 5.91 Å². The van der Waals surface area contributed by atoms with Gasteiger partial charge in [0, 0.05) is 5.56 Å². The van der Waals surface area contributed by atoms with E-state index in [9.17, 15) is 4.79 Å². The maximum atomic E-state index is 12.1. The van der Waals surface area contributed by atoms with Crippen molar-refractivity contribution in [1.82, 2.24) is 15.3 Å². The van der Waals surface area contributed by atoms with Crippen LogP contribution in [-0.2, 0) is 0 Å². The van der Waals surface area contributed by atoms with E-state index in [1.165, 1.54) is 6.20 Å². The van der Waals surface area contributed by atoms with E-state index in [2.05, 4.69) is 15.3 Å². The lowest BCUT2D eigenvalue weighted by Gasteiger charge is -2.14. The number of amides is 1. The van der Waals surface area contributed by atoms with Crippen LogP contribution in [0.4, 0.5) is 5.82 Å². The van der Waals surface area contributed by atoms with Crippen molar-refractivity contribution in [3.63, 3.8) is 0 Å². The fourth-order valence-electron chi connectivity index (χ4n) is 1.77. The van der Waals surface area contributed by atoms with E-state index < -0.39 is 25.2 Å². The fourth-order valence-corrected chi connectivity index (χ4v) is 2.00. The van der Waals surface area contributed by atoms with Crippen LogP contribution in [-0.4, -0.2) is 45.3 Å². The van der Waals surface area contributed by atoms with Gasteiger partial charge in [-0.25, -0.2) is 9.97 Å². The van der Waals surface area contributed by atoms with E-state index in [1.54, 1.807) is 24.3 Å². The van der Waals surface area contributed by atoms with Crippen molar-refractivity contribution in [1.29, 1.82) is 0 Å². The first kappa shape index (κ1) is 16.2. The van der Waals surface area contributed by atoms with Gasteiger partial charge in [-0.15, -0.1) is 0 Å². The molecule has 0 atom stereocenters. The van der Waals surface area contributed by atoms with Crippen LogP contribution in [0.1, 0.15) is 10.5 Å². The highest BCUT2D eigenvalue weighted by atomic mass is 35.5. The number of hydrogen-bond donors (Lipinski definition) is 4. The maximum absolute atomic E-state index is 12.1. The van der Waals surface area contributed by atoms with Crippen LogP contribution in [0.2, 0.25) is 5.02 Å². The number of halogens is 1. The van der Waals surface area contributed by atoms with E-state index in [0.717, 1.165) is 0 Å². The Balaban J connectivity index is 2.35. The summed E-state index contributed by atoms with van der Waals surface area (Å²) in [6.45, 7) is -0.806. The predicted octanol–water partition coefficient (Wildman–Crippen LogP) is 0.462. The Morgan fingerprint density at radius 2 is 2.00 bits per heavy atom. The number of hydrogen-bond acceptors (Lipinski definition) is 6. The van der Waals surface area contributed by atoms with Crippen LogP contribution in [0.5, 0.6) is 0 Å². The highest BCUT2D eigenvalue weighted by molar-refractivity contribution is 6.33. The molecule has 0 saturated carbocycles. The molecule has 2 aromatic rings. The van der Waals surface area contributed by atoms with Crippen molar-refractivity contribution in [3.8, 4) is 11.3 Å². The molecular weight excluding hydrogens is 308 g/mol. The summed E-state index contributed by atoms with van der Waals surface area (Å²) in [5.74, 6) is -0.685. The molecule has 0 unspecified atom stereocenters. The molecule has 0 radical (unpaired) electrons. The average Bonchev–Trinajstić information content (AvgIpc) is 2.53. The number of carbonyl (C=O) groups is 1. The van der Waals surface area contributed by atoms with E-state index in [0.29, 0.717) is 16.3 Å². The average molecular weight is 323 g/mol. The van der Waals surface area contributed by atoms with Gasteiger partial charge in [-0.05, 0) is 6.07 Å². The summed E-state index contributed by atoms with van der Waals surface area (Å²) in [5, 5.41) is 20.9. The highest BCUT2D eigenvalue weighted by Gasteiger charge is 2.18. The number of aliphatic hydroxyl groups is 2. The molecule has 0 aliphatic carbocycles. The molecule has 1 amide bonds. The number of carbonyl (C=O) groups excluding carboxylic acids is 1. The number of anilines is 1. The van der Waals surface area contributed by atoms with Crippen molar-refractivity contribution in [2.75, 3.05) is 18.9 Å². The third kappa shape index (κ3) is 3.51. The number of aromatic nitrogens is 2. The lowest BCUT2D eigenvalue weighted by molar-refractivity contribution is 0.0875. The summed E-state index contributed by atoms with van der Waals surface area (Å²) >= 11 is 6.09. The normalized spacial score (nSPS) is 10.7. The van der Waals surface area contributed by atoms with Crippen LogP contribution >= 0.6 is 11.6 Å². The van der Waals surface area contributed by atoms with Crippen molar-refractivity contribution < 1.29 is 15.0 Å². The van der Waals surface area contributed by atoms with Crippen LogP contribution < -0.4 is 11.1 Å². The van der Waals surface area contributed by atoms with Gasteiger partial charge in [0.2, 0.25) is 0 Å². The van der Waals surface area contributed by atoms with Gasteiger partial charge in [-0.1, -0.05) is 29.8 Å². The Bertz CT molecular complexity index is 677. The number of nitrogen functional groups attached to an aromatic ring is 1. The van der Waals surface area contributed by atoms with Gasteiger partial charge in [0.05, 0.1) is 36.2 Å². The molecule has 0 spiro atoms. The Hall–Kier alpha value is -2.22. The molecule has 7 nitrogen and oxygen atoms in total. The van der Waals surface area contributed by atoms with Crippen LogP contribution in [0.3, 0.4) is 0 Å². The summed E-state index contributed by atoms with van der Waals surface area (Å²) in [7, 11) is 0. The zero-order valence-corrected chi connectivity index (χ0v) is 12.3. The molecule has 22 heavy (non-hydrogen) atoms. The van der Waals surface area contributed by atoms with Crippen molar-refractivity contribution in [3.05, 3.63) is 41.2 Å². The monoisotopic (exact) mass is 322 g/mol. The zero-order valence-electron chi connectivity index (χ0n) is 11.5. The van der Waals surface area contributed by atoms with Crippen LogP contribution in [0.25, 0.3) is 11.3 Å². The largest absolute Gasteiger partial charge is 0.394 e. The molecule has 0 aliphatic rings. The molecule has 8 heteroatoms. The molecule has 116 valence electrons. The lowest BCUT2D eigenvalue weighted by atomic mass is 10.1. The molecule has 5 N–H and O–H groups in total. The van der Waals surface area contributed by atoms with E-state index in [-0.39, 0.29) is 11.5 Å². The van der Waals surface area contributed by atoms with Crippen molar-refractivity contribution >= 4 is 23.3 Å². The number of benzene rings is 1. The Morgan fingerprint density at radius 3 is 2.64 bits per heavy atom. The number of nitrogens with zero attached hydrogens (tertiary/aromatic N) is 2. The lowest BCUT2D eigenvalue weighted by Crippen LogP contribution is -2.40. The number of nitrogens with one attached hydrogen (secondary N) is 1. The molecular formula is C14H15ClN4O3. The minimum atomic E-state index is -0.794. The topological polar surface area (TPSA) is 121 Å². The first-order chi connectivity index (χ1) is 10.6. The highest BCUT2D eigenvalue weighted by Crippen LogP contribution is 2.26. The van der Waals surface area contributed by atoms with Gasteiger partial charge in [0.1, 0.15) is 0 Å². The molecule has 0 bridgehead atoms. The molecule has 1 heterocycles. The van der Waals surface area contributed by atoms with Gasteiger partial charge in [-0.2, -0.15) is 0 Å². The second-order valence-electron chi connectivity index (χ2n) is 4.50. The molecule has 0 aliphatic heterocycles. The Kier molecular flexibility index (Phi) is 5.26. The van der Waals surface area contributed by atoms with Gasteiger partial charge in [0.15, 0.2) is 11.5 Å². The van der Waals surface area contributed by atoms with E-state index in [1.807, 2.05) is 0 Å². The van der Waals surface area contributed by atoms with Crippen molar-refractivity contribution in [2.45, 2.75) is 6.04 Å². The molecule has 2 rings (SSSR count). The number of aliphatic hydroxyl groups excluding tert-OH is 2. The first-order valence-corrected chi connectivity index (χ1v) is 6.84. The molecule has 1 aromatic heterocycles. The summed E-state index contributed by atoms with van der Waals surface area (Å²) in [4.78, 5) is 20.2. The Labute approximate surface area is 131 Å². The Morgan fingerprint density at radius 1 is 1.32 bits per heavy atom. The minimum Gasteiger partial charge on any atom is -0.394 e. The smallest absolute Gasteiger partial charge is 0.274 e. The van der Waals surface area contributed by atoms with Crippen LogP contribution in [0.15, 0.2) is 30.5 Å². The summed E-state index contributed by atoms with van der Waals surface area (Å²) in [6.07, 6.45) is 1.42. The zero-order chi connectivity index (χ0) is 16.1. The third-order valence-electron chi connectivity index (χ3n) is 2.94. The van der Waals surface area contributed by atoms with Crippen LogP contribution in [0, 0.1) is 0 Å². The summed E-state index contributed by atoms with van der Waals surface area (Å²) in [6, 6.07) is 6.21. The van der Waals surface area contributed by atoms with Gasteiger partial charge in [-0.3, -0.25) is 4.79 Å². The molecule has 1 aromatic carbocycles. The van der Waals surface area contributed by atoms with Gasteiger partial charge < -0.3 is 21.3 Å². The quantitative estimate of drug-likeness (QED) is 0.634. The minimum absolute atomic E-state index is 0.0528. The molecule has 0 fully saturated rings. The maximum Gasteiger partial charge on any atom is 0.274 e. The number of nitrogens with two attached hydrogens (primary N) is 1. The predicted molar refractivity (Wildman–Crippen MR) is 82.3 cm³/mol. The first-order valence-electron chi connectivity index (χ1n) is 6.46. The third-order valence-corrected chi connectivity index (χ3v) is 3.27. The van der Waals surface area contributed by atoms with Crippen molar-refractivity contribution in [2.24, 2.45) is 0 Å². The fraction of sp³-hybridized carbons (Fsp3) is 0.214. The molecule has 0 saturated heterocycles. The van der Waals surface area contributed by atoms with E-state index >= 15 is 0 Å². The van der Waals surface area contributed by atoms with E-state index in [4.69, 9.17) is 27.5 Å². The summed E-state index contributed by atoms with van der Waals surface area (Å²) < 4.78 is 0. The number of rotatable bonds is 5. The standard InChI is InChI=1S/C14H15ClN4O3/c15-10-4-2-1-3-9(10)11-5-17-13(16)12(19-11)14(22)18-8(6-20)7-21/h1-5,8,20-21H,6-7H2,(H2,16,17)(H,18,22). The second-order valence-corrected chi connectivity index (χ2v) is 4.91. The van der Waals surface area contributed by atoms with Gasteiger partial charge >= 0.3 is 0 Å².